The van der Waals surface area contributed by atoms with Crippen LogP contribution in [0.2, 0.25) is 0 Å². The largest absolute Gasteiger partial charge is 0.409 e. The van der Waals surface area contributed by atoms with Crippen LogP contribution in [0.5, 0.6) is 0 Å². The zero-order valence-electron chi connectivity index (χ0n) is 9.28. The summed E-state index contributed by atoms with van der Waals surface area (Å²) in [7, 11) is 1.76. The Morgan fingerprint density at radius 1 is 1.53 bits per heavy atom. The highest BCUT2D eigenvalue weighted by Crippen LogP contribution is 2.22. The molecule has 0 aromatic rings. The Hall–Kier alpha value is -0.810. The summed E-state index contributed by atoms with van der Waals surface area (Å²) in [5.74, 6) is 0.318. The number of nitrogens with zero attached hydrogens (tertiary/aromatic N) is 1. The van der Waals surface area contributed by atoms with Crippen LogP contribution in [0.4, 0.5) is 0 Å². The van der Waals surface area contributed by atoms with Gasteiger partial charge in [-0.15, -0.1) is 0 Å². The van der Waals surface area contributed by atoms with Crippen molar-refractivity contribution >= 4 is 5.84 Å². The fourth-order valence-electron chi connectivity index (χ4n) is 1.71. The van der Waals surface area contributed by atoms with Gasteiger partial charge in [-0.25, -0.2) is 0 Å². The van der Waals surface area contributed by atoms with Gasteiger partial charge >= 0.3 is 0 Å². The smallest absolute Gasteiger partial charge is 0.139 e. The molecule has 5 nitrogen and oxygen atoms in total. The Balaban J connectivity index is 1.86. The number of unbranched alkanes of at least 4 members (excludes halogenated alkanes) is 1. The first-order valence-electron chi connectivity index (χ1n) is 5.49. The SMILES string of the molecule is COC1CC(NCCCCC(N)=NO)C1. The van der Waals surface area contributed by atoms with E-state index in [1.165, 1.54) is 0 Å². The molecule has 88 valence electrons. The fourth-order valence-corrected chi connectivity index (χ4v) is 1.71. The molecular formula is C10H21N3O2. The number of ether oxygens (including phenoxy) is 1. The van der Waals surface area contributed by atoms with Crippen LogP contribution in [0, 0.1) is 0 Å². The Morgan fingerprint density at radius 2 is 2.27 bits per heavy atom. The third-order valence-corrected chi connectivity index (χ3v) is 2.85. The van der Waals surface area contributed by atoms with E-state index in [1.807, 2.05) is 0 Å². The summed E-state index contributed by atoms with van der Waals surface area (Å²) in [6.07, 6.45) is 5.39. The van der Waals surface area contributed by atoms with Gasteiger partial charge in [0.05, 0.1) is 6.10 Å². The van der Waals surface area contributed by atoms with Crippen LogP contribution in [-0.4, -0.2) is 36.8 Å². The molecule has 0 heterocycles. The van der Waals surface area contributed by atoms with Gasteiger partial charge in [0.1, 0.15) is 5.84 Å². The number of rotatable bonds is 7. The first-order chi connectivity index (χ1) is 7.26. The molecule has 0 aromatic carbocycles. The van der Waals surface area contributed by atoms with E-state index in [0.29, 0.717) is 24.4 Å². The maximum atomic E-state index is 8.32. The average Bonchev–Trinajstić information content (AvgIpc) is 2.19. The molecule has 0 aliphatic heterocycles. The third-order valence-electron chi connectivity index (χ3n) is 2.85. The van der Waals surface area contributed by atoms with Crippen molar-refractivity contribution in [2.45, 2.75) is 44.2 Å². The minimum absolute atomic E-state index is 0.318. The van der Waals surface area contributed by atoms with E-state index in [-0.39, 0.29) is 0 Å². The van der Waals surface area contributed by atoms with E-state index < -0.39 is 0 Å². The van der Waals surface area contributed by atoms with Crippen molar-refractivity contribution in [1.29, 1.82) is 0 Å². The molecule has 0 bridgehead atoms. The molecule has 1 rings (SSSR count). The van der Waals surface area contributed by atoms with Crippen molar-refractivity contribution in [3.8, 4) is 0 Å². The molecule has 0 spiro atoms. The summed E-state index contributed by atoms with van der Waals surface area (Å²) in [4.78, 5) is 0. The molecule has 1 saturated carbocycles. The highest BCUT2D eigenvalue weighted by Gasteiger charge is 2.27. The molecule has 0 atom stereocenters. The molecule has 5 heteroatoms. The van der Waals surface area contributed by atoms with Gasteiger partial charge in [0.15, 0.2) is 0 Å². The van der Waals surface area contributed by atoms with Crippen molar-refractivity contribution in [3.63, 3.8) is 0 Å². The van der Waals surface area contributed by atoms with E-state index in [0.717, 1.165) is 32.2 Å². The number of hydrogen-bond donors (Lipinski definition) is 3. The number of nitrogens with one attached hydrogen (secondary N) is 1. The molecule has 15 heavy (non-hydrogen) atoms. The van der Waals surface area contributed by atoms with E-state index >= 15 is 0 Å². The number of amidine groups is 1. The first-order valence-corrected chi connectivity index (χ1v) is 5.49. The lowest BCUT2D eigenvalue weighted by molar-refractivity contribution is 0.0175. The second kappa shape index (κ2) is 6.63. The standard InChI is InChI=1S/C10H21N3O2/c1-15-9-6-8(7-9)12-5-3-2-4-10(11)13-14/h8-9,12,14H,2-7H2,1H3,(H2,11,13). The van der Waals surface area contributed by atoms with E-state index in [1.54, 1.807) is 7.11 Å². The maximum absolute atomic E-state index is 8.32. The van der Waals surface area contributed by atoms with Gasteiger partial charge in [0, 0.05) is 19.6 Å². The molecule has 1 aliphatic carbocycles. The monoisotopic (exact) mass is 215 g/mol. The van der Waals surface area contributed by atoms with Gasteiger partial charge in [0.25, 0.3) is 0 Å². The molecule has 1 aliphatic rings. The summed E-state index contributed by atoms with van der Waals surface area (Å²) < 4.78 is 5.19. The molecule has 0 amide bonds. The highest BCUT2D eigenvalue weighted by molar-refractivity contribution is 5.79. The van der Waals surface area contributed by atoms with Crippen LogP contribution >= 0.6 is 0 Å². The molecular weight excluding hydrogens is 194 g/mol. The summed E-state index contributed by atoms with van der Waals surface area (Å²) in [5, 5.41) is 14.7. The molecule has 4 N–H and O–H groups in total. The third kappa shape index (κ3) is 4.48. The van der Waals surface area contributed by atoms with Crippen LogP contribution in [0.15, 0.2) is 5.16 Å². The summed E-state index contributed by atoms with van der Waals surface area (Å²) in [5.41, 5.74) is 5.35. The molecule has 0 aromatic heterocycles. The first kappa shape index (κ1) is 12.3. The van der Waals surface area contributed by atoms with Crippen LogP contribution < -0.4 is 11.1 Å². The van der Waals surface area contributed by atoms with Crippen LogP contribution in [-0.2, 0) is 4.74 Å². The number of oxime groups is 1. The Kier molecular flexibility index (Phi) is 5.42. The van der Waals surface area contributed by atoms with Crippen molar-refractivity contribution in [3.05, 3.63) is 0 Å². The van der Waals surface area contributed by atoms with Crippen molar-refractivity contribution in [2.75, 3.05) is 13.7 Å². The topological polar surface area (TPSA) is 79.9 Å². The van der Waals surface area contributed by atoms with Gasteiger partial charge in [0.2, 0.25) is 0 Å². The number of nitrogens with two attached hydrogens (primary N) is 1. The van der Waals surface area contributed by atoms with Crippen molar-refractivity contribution in [2.24, 2.45) is 10.9 Å². The predicted molar refractivity (Wildman–Crippen MR) is 59.1 cm³/mol. The summed E-state index contributed by atoms with van der Waals surface area (Å²) in [6, 6.07) is 0.624. The van der Waals surface area contributed by atoms with Gasteiger partial charge in [-0.2, -0.15) is 0 Å². The van der Waals surface area contributed by atoms with Crippen LogP contribution in [0.25, 0.3) is 0 Å². The quantitative estimate of drug-likeness (QED) is 0.192. The van der Waals surface area contributed by atoms with Crippen LogP contribution in [0.1, 0.15) is 32.1 Å². The lowest BCUT2D eigenvalue weighted by Gasteiger charge is -2.34. The Morgan fingerprint density at radius 3 is 2.87 bits per heavy atom. The van der Waals surface area contributed by atoms with Gasteiger partial charge in [-0.05, 0) is 32.2 Å². The normalized spacial score (nSPS) is 26.3. The second-order valence-electron chi connectivity index (χ2n) is 4.03. The molecule has 0 unspecified atom stereocenters. The Bertz CT molecular complexity index is 203. The lowest BCUT2D eigenvalue weighted by Crippen LogP contribution is -2.45. The number of methoxy groups -OCH3 is 1. The van der Waals surface area contributed by atoms with E-state index in [4.69, 9.17) is 15.7 Å². The summed E-state index contributed by atoms with van der Waals surface area (Å²) in [6.45, 7) is 1.000. The molecule has 0 radical (unpaired) electrons. The zero-order valence-corrected chi connectivity index (χ0v) is 9.28. The van der Waals surface area contributed by atoms with Crippen molar-refractivity contribution < 1.29 is 9.94 Å². The second-order valence-corrected chi connectivity index (χ2v) is 4.03. The average molecular weight is 215 g/mol. The Labute approximate surface area is 90.7 Å². The molecule has 1 fully saturated rings. The van der Waals surface area contributed by atoms with Crippen LogP contribution in [0.3, 0.4) is 0 Å². The highest BCUT2D eigenvalue weighted by atomic mass is 16.5. The fraction of sp³-hybridized carbons (Fsp3) is 0.900. The minimum atomic E-state index is 0.318. The molecule has 0 saturated heterocycles. The minimum Gasteiger partial charge on any atom is -0.409 e. The number of hydrogen-bond acceptors (Lipinski definition) is 4. The predicted octanol–water partition coefficient (Wildman–Crippen LogP) is 0.670. The van der Waals surface area contributed by atoms with E-state index in [9.17, 15) is 0 Å². The van der Waals surface area contributed by atoms with Crippen molar-refractivity contribution in [1.82, 2.24) is 5.32 Å². The zero-order chi connectivity index (χ0) is 11.1. The lowest BCUT2D eigenvalue weighted by atomic mass is 9.89. The van der Waals surface area contributed by atoms with Gasteiger partial charge in [-0.1, -0.05) is 5.16 Å². The maximum Gasteiger partial charge on any atom is 0.139 e. The van der Waals surface area contributed by atoms with Gasteiger partial charge < -0.3 is 21.0 Å². The van der Waals surface area contributed by atoms with E-state index in [2.05, 4.69) is 10.5 Å². The summed E-state index contributed by atoms with van der Waals surface area (Å²) >= 11 is 0. The van der Waals surface area contributed by atoms with Gasteiger partial charge in [-0.3, -0.25) is 0 Å².